The zero-order valence-corrected chi connectivity index (χ0v) is 18.1. The van der Waals surface area contributed by atoms with Gasteiger partial charge in [0.1, 0.15) is 11.5 Å². The first-order valence-electron chi connectivity index (χ1n) is 10.5. The number of nitrogens with zero attached hydrogens (tertiary/aromatic N) is 6. The predicted molar refractivity (Wildman–Crippen MR) is 124 cm³/mol. The summed E-state index contributed by atoms with van der Waals surface area (Å²) in [5.74, 6) is 1.49. The molecule has 3 heterocycles. The van der Waals surface area contributed by atoms with Gasteiger partial charge in [-0.25, -0.2) is 4.52 Å². The highest BCUT2D eigenvalue weighted by atomic mass is 16.5. The van der Waals surface area contributed by atoms with Crippen LogP contribution in [0, 0.1) is 0 Å². The smallest absolute Gasteiger partial charge is 0.247 e. The average Bonchev–Trinajstić information content (AvgIpc) is 3.23. The van der Waals surface area contributed by atoms with Gasteiger partial charge in [0.25, 0.3) is 0 Å². The molecule has 0 amide bonds. The molecule has 1 aliphatic rings. The molecule has 4 aromatic rings. The number of hydrogen-bond acceptors (Lipinski definition) is 8. The van der Waals surface area contributed by atoms with Gasteiger partial charge in [-0.1, -0.05) is 0 Å². The number of likely N-dealkylation sites (N-methyl/N-ethyl adjacent to an activating group) is 1. The average molecular weight is 432 g/mol. The van der Waals surface area contributed by atoms with Crippen LogP contribution in [-0.4, -0.2) is 69.9 Å². The molecule has 164 valence electrons. The Morgan fingerprint density at radius 2 is 1.78 bits per heavy atom. The van der Waals surface area contributed by atoms with E-state index in [4.69, 9.17) is 4.74 Å². The minimum atomic E-state index is 0.212. The number of nitrogens with one attached hydrogen (secondary N) is 1. The van der Waals surface area contributed by atoms with E-state index in [0.717, 1.165) is 54.6 Å². The molecule has 0 saturated carbocycles. The Hall–Kier alpha value is -3.85. The zero-order valence-electron chi connectivity index (χ0n) is 18.1. The molecule has 0 bridgehead atoms. The molecule has 2 N–H and O–H groups in total. The number of aromatic hydroxyl groups is 1. The second-order valence-corrected chi connectivity index (χ2v) is 7.85. The maximum Gasteiger partial charge on any atom is 0.247 e. The van der Waals surface area contributed by atoms with Crippen LogP contribution in [0.15, 0.2) is 54.9 Å². The van der Waals surface area contributed by atoms with E-state index in [1.54, 1.807) is 36.2 Å². The van der Waals surface area contributed by atoms with Crippen LogP contribution < -0.4 is 15.0 Å². The van der Waals surface area contributed by atoms with E-state index >= 15 is 0 Å². The molecule has 0 spiro atoms. The molecule has 9 nitrogen and oxygen atoms in total. The normalized spacial score (nSPS) is 14.6. The fourth-order valence-electron chi connectivity index (χ4n) is 3.89. The van der Waals surface area contributed by atoms with E-state index in [9.17, 15) is 5.11 Å². The lowest BCUT2D eigenvalue weighted by Crippen LogP contribution is -2.44. The summed E-state index contributed by atoms with van der Waals surface area (Å²) in [4.78, 5) is 13.5. The summed E-state index contributed by atoms with van der Waals surface area (Å²) < 4.78 is 7.41. The first-order valence-corrected chi connectivity index (χ1v) is 10.5. The summed E-state index contributed by atoms with van der Waals surface area (Å²) in [7, 11) is 3.84. The summed E-state index contributed by atoms with van der Waals surface area (Å²) in [5.41, 5.74) is 4.23. The molecule has 5 rings (SSSR count). The van der Waals surface area contributed by atoms with Gasteiger partial charge in [-0.05, 0) is 43.4 Å². The highest BCUT2D eigenvalue weighted by Crippen LogP contribution is 2.33. The molecular weight excluding hydrogens is 406 g/mol. The van der Waals surface area contributed by atoms with Crippen LogP contribution in [0.25, 0.3) is 16.9 Å². The van der Waals surface area contributed by atoms with Crippen molar-refractivity contribution in [1.29, 1.82) is 0 Å². The van der Waals surface area contributed by atoms with Gasteiger partial charge in [0, 0.05) is 43.5 Å². The van der Waals surface area contributed by atoms with Crippen molar-refractivity contribution in [3.05, 3.63) is 54.9 Å². The fraction of sp³-hybridized carbons (Fsp3) is 0.261. The topological polar surface area (TPSA) is 91.0 Å². The molecule has 1 saturated heterocycles. The SMILES string of the molecule is COc1cc(Nc2nc3cncc(-c4ccc(O)cc4)n3n2)ccc1N1CCN(C)CC1. The van der Waals surface area contributed by atoms with Gasteiger partial charge in [-0.2, -0.15) is 4.98 Å². The highest BCUT2D eigenvalue weighted by molar-refractivity contribution is 5.68. The second-order valence-electron chi connectivity index (χ2n) is 7.85. The van der Waals surface area contributed by atoms with Crippen LogP contribution in [0.4, 0.5) is 17.3 Å². The number of benzene rings is 2. The Kier molecular flexibility index (Phi) is 5.24. The Bertz CT molecular complexity index is 1230. The van der Waals surface area contributed by atoms with Gasteiger partial charge in [0.2, 0.25) is 5.95 Å². The maximum absolute atomic E-state index is 9.57. The van der Waals surface area contributed by atoms with Gasteiger partial charge in [0.05, 0.1) is 30.9 Å². The van der Waals surface area contributed by atoms with Crippen LogP contribution in [-0.2, 0) is 0 Å². The van der Waals surface area contributed by atoms with Crippen molar-refractivity contribution >= 4 is 23.0 Å². The largest absolute Gasteiger partial charge is 0.508 e. The summed E-state index contributed by atoms with van der Waals surface area (Å²) in [6.45, 7) is 4.01. The number of aromatic nitrogens is 4. The van der Waals surface area contributed by atoms with Gasteiger partial charge in [-0.15, -0.1) is 5.10 Å². The minimum Gasteiger partial charge on any atom is -0.508 e. The van der Waals surface area contributed by atoms with E-state index in [-0.39, 0.29) is 5.75 Å². The monoisotopic (exact) mass is 431 g/mol. The number of fused-ring (bicyclic) bond motifs is 1. The summed E-state index contributed by atoms with van der Waals surface area (Å²) in [5, 5.41) is 17.5. The van der Waals surface area contributed by atoms with Gasteiger partial charge in [-0.3, -0.25) is 4.98 Å². The first-order chi connectivity index (χ1) is 15.6. The molecule has 1 aliphatic heterocycles. The van der Waals surface area contributed by atoms with E-state index in [1.807, 2.05) is 24.3 Å². The van der Waals surface area contributed by atoms with Crippen LogP contribution in [0.3, 0.4) is 0 Å². The molecule has 0 aliphatic carbocycles. The van der Waals surface area contributed by atoms with Crippen molar-refractivity contribution in [1.82, 2.24) is 24.5 Å². The first kappa shape index (κ1) is 20.1. The lowest BCUT2D eigenvalue weighted by molar-refractivity contribution is 0.311. The third-order valence-electron chi connectivity index (χ3n) is 5.69. The number of rotatable bonds is 5. The van der Waals surface area contributed by atoms with Crippen molar-refractivity contribution in [2.45, 2.75) is 0 Å². The van der Waals surface area contributed by atoms with Crippen LogP contribution in [0.2, 0.25) is 0 Å². The van der Waals surface area contributed by atoms with E-state index in [1.165, 1.54) is 0 Å². The number of hydrogen-bond donors (Lipinski definition) is 2. The quantitative estimate of drug-likeness (QED) is 0.498. The van der Waals surface area contributed by atoms with Crippen molar-refractivity contribution in [3.8, 4) is 22.8 Å². The number of phenols is 1. The number of piperazine rings is 1. The van der Waals surface area contributed by atoms with Crippen molar-refractivity contribution in [2.75, 3.05) is 50.6 Å². The van der Waals surface area contributed by atoms with Gasteiger partial charge in [0.15, 0.2) is 5.65 Å². The second kappa shape index (κ2) is 8.35. The van der Waals surface area contributed by atoms with E-state index in [0.29, 0.717) is 11.6 Å². The number of ether oxygens (including phenoxy) is 1. The maximum atomic E-state index is 9.57. The number of methoxy groups -OCH3 is 1. The third-order valence-corrected chi connectivity index (χ3v) is 5.69. The summed E-state index contributed by atoms with van der Waals surface area (Å²) in [6, 6.07) is 13.0. The molecule has 0 unspecified atom stereocenters. The van der Waals surface area contributed by atoms with Gasteiger partial charge >= 0.3 is 0 Å². The van der Waals surface area contributed by atoms with Gasteiger partial charge < -0.3 is 25.0 Å². The molecule has 1 fully saturated rings. The van der Waals surface area contributed by atoms with Crippen LogP contribution in [0.5, 0.6) is 11.5 Å². The Balaban J connectivity index is 1.42. The molecule has 0 atom stereocenters. The molecular formula is C23H25N7O2. The third kappa shape index (κ3) is 3.90. The molecule has 32 heavy (non-hydrogen) atoms. The lowest BCUT2D eigenvalue weighted by Gasteiger charge is -2.34. The Morgan fingerprint density at radius 3 is 2.53 bits per heavy atom. The molecule has 2 aromatic carbocycles. The Labute approximate surface area is 185 Å². The Morgan fingerprint density at radius 1 is 1.00 bits per heavy atom. The summed E-state index contributed by atoms with van der Waals surface area (Å²) >= 11 is 0. The highest BCUT2D eigenvalue weighted by Gasteiger charge is 2.18. The van der Waals surface area contributed by atoms with Crippen molar-refractivity contribution in [3.63, 3.8) is 0 Å². The number of anilines is 3. The molecule has 0 radical (unpaired) electrons. The van der Waals surface area contributed by atoms with Crippen LogP contribution >= 0.6 is 0 Å². The number of phenolic OH excluding ortho intramolecular Hbond substituents is 1. The predicted octanol–water partition coefficient (Wildman–Crippen LogP) is 3.00. The fourth-order valence-corrected chi connectivity index (χ4v) is 3.89. The standard InChI is InChI=1S/C23H25N7O2/c1-28-9-11-29(12-10-28)19-8-5-17(13-21(19)32-2)25-23-26-22-15-24-14-20(30(22)27-23)16-3-6-18(31)7-4-16/h3-8,13-15,31H,9-12H2,1-2H3,(H,25,27). The minimum absolute atomic E-state index is 0.212. The summed E-state index contributed by atoms with van der Waals surface area (Å²) in [6.07, 6.45) is 3.39. The molecule has 2 aromatic heterocycles. The van der Waals surface area contributed by atoms with Crippen molar-refractivity contribution in [2.24, 2.45) is 0 Å². The van der Waals surface area contributed by atoms with Crippen LogP contribution in [0.1, 0.15) is 0 Å². The lowest BCUT2D eigenvalue weighted by atomic mass is 10.1. The van der Waals surface area contributed by atoms with E-state index < -0.39 is 0 Å². The van der Waals surface area contributed by atoms with E-state index in [2.05, 4.69) is 43.3 Å². The zero-order chi connectivity index (χ0) is 22.1. The molecule has 9 heteroatoms. The van der Waals surface area contributed by atoms with Crippen molar-refractivity contribution < 1.29 is 9.84 Å².